The average molecular weight is 135 g/mol. The first kappa shape index (κ1) is 8.84. The van der Waals surface area contributed by atoms with Gasteiger partial charge in [0, 0.05) is 14.2 Å². The summed E-state index contributed by atoms with van der Waals surface area (Å²) in [5.74, 6) is 0. The normalized spacial score (nSPS) is 14.3. The van der Waals surface area contributed by atoms with Gasteiger partial charge in [0.1, 0.15) is 0 Å². The predicted octanol–water partition coefficient (Wildman–Crippen LogP) is -1.08. The molecule has 0 amide bonds. The van der Waals surface area contributed by atoms with Crippen molar-refractivity contribution in [2.75, 3.05) is 20.8 Å². The Morgan fingerprint density at radius 1 is 1.44 bits per heavy atom. The summed E-state index contributed by atoms with van der Waals surface area (Å²) in [5, 5.41) is 8.48. The van der Waals surface area contributed by atoms with Gasteiger partial charge in [0.15, 0.2) is 6.29 Å². The molecule has 0 aromatic heterocycles. The van der Waals surface area contributed by atoms with E-state index in [0.29, 0.717) is 0 Å². The zero-order valence-electron chi connectivity index (χ0n) is 5.70. The van der Waals surface area contributed by atoms with Crippen LogP contribution in [0.5, 0.6) is 0 Å². The van der Waals surface area contributed by atoms with Crippen LogP contribution < -0.4 is 5.73 Å². The number of aliphatic hydroxyl groups is 1. The molecule has 1 unspecified atom stereocenters. The minimum Gasteiger partial charge on any atom is -0.395 e. The smallest absolute Gasteiger partial charge is 0.174 e. The highest BCUT2D eigenvalue weighted by molar-refractivity contribution is 4.61. The molecule has 0 aromatic rings. The third kappa shape index (κ3) is 2.76. The van der Waals surface area contributed by atoms with Crippen LogP contribution in [0.2, 0.25) is 0 Å². The van der Waals surface area contributed by atoms with E-state index in [1.165, 1.54) is 14.2 Å². The monoisotopic (exact) mass is 135 g/mol. The van der Waals surface area contributed by atoms with E-state index in [1.54, 1.807) is 0 Å². The van der Waals surface area contributed by atoms with Crippen LogP contribution in [0.3, 0.4) is 0 Å². The van der Waals surface area contributed by atoms with Gasteiger partial charge in [-0.1, -0.05) is 0 Å². The van der Waals surface area contributed by atoms with E-state index in [1.807, 2.05) is 0 Å². The lowest BCUT2D eigenvalue weighted by atomic mass is 10.3. The number of hydrogen-bond acceptors (Lipinski definition) is 4. The van der Waals surface area contributed by atoms with Gasteiger partial charge in [-0.25, -0.2) is 0 Å². The van der Waals surface area contributed by atoms with Crippen molar-refractivity contribution < 1.29 is 14.6 Å². The molecule has 0 saturated heterocycles. The molecule has 0 saturated carbocycles. The van der Waals surface area contributed by atoms with Gasteiger partial charge >= 0.3 is 0 Å². The maximum absolute atomic E-state index is 8.48. The molecule has 0 aliphatic carbocycles. The molecule has 0 fully saturated rings. The molecule has 0 aliphatic rings. The van der Waals surface area contributed by atoms with Crippen LogP contribution in [0.25, 0.3) is 0 Å². The number of ether oxygens (including phenoxy) is 2. The molecule has 0 rings (SSSR count). The van der Waals surface area contributed by atoms with Gasteiger partial charge in [-0.05, 0) is 0 Å². The second-order valence-electron chi connectivity index (χ2n) is 1.69. The van der Waals surface area contributed by atoms with Gasteiger partial charge in [0.25, 0.3) is 0 Å². The third-order valence-corrected chi connectivity index (χ3v) is 1.03. The standard InChI is InChI=1S/C5H13NO3/c1-8-5(9-2)4(6)3-7/h4-5,7H,3,6H2,1-2H3. The van der Waals surface area contributed by atoms with Crippen LogP contribution in [0, 0.1) is 0 Å². The first-order valence-electron chi connectivity index (χ1n) is 2.68. The van der Waals surface area contributed by atoms with Crippen LogP contribution in [0.1, 0.15) is 0 Å². The number of rotatable bonds is 4. The first-order chi connectivity index (χ1) is 4.26. The Bertz CT molecular complexity index is 65.2. The highest BCUT2D eigenvalue weighted by Gasteiger charge is 2.13. The van der Waals surface area contributed by atoms with Gasteiger partial charge in [0.2, 0.25) is 0 Å². The quantitative estimate of drug-likeness (QED) is 0.481. The van der Waals surface area contributed by atoms with E-state index in [-0.39, 0.29) is 6.61 Å². The second kappa shape index (κ2) is 4.69. The maximum atomic E-state index is 8.48. The maximum Gasteiger partial charge on any atom is 0.174 e. The van der Waals surface area contributed by atoms with Gasteiger partial charge in [0.05, 0.1) is 12.6 Å². The molecule has 0 radical (unpaired) electrons. The average Bonchev–Trinajstić information content (AvgIpc) is 1.90. The summed E-state index contributed by atoms with van der Waals surface area (Å²) >= 11 is 0. The lowest BCUT2D eigenvalue weighted by Gasteiger charge is -2.18. The molecule has 0 spiro atoms. The van der Waals surface area contributed by atoms with Gasteiger partial charge in [-0.3, -0.25) is 0 Å². The molecule has 0 aliphatic heterocycles. The zero-order chi connectivity index (χ0) is 7.28. The molecule has 1 atom stereocenters. The van der Waals surface area contributed by atoms with Crippen LogP contribution >= 0.6 is 0 Å². The molecular weight excluding hydrogens is 122 g/mol. The fourth-order valence-electron chi connectivity index (χ4n) is 0.532. The lowest BCUT2D eigenvalue weighted by Crippen LogP contribution is -2.40. The predicted molar refractivity (Wildman–Crippen MR) is 32.9 cm³/mol. The van der Waals surface area contributed by atoms with Crippen LogP contribution in [0.4, 0.5) is 0 Å². The Balaban J connectivity index is 3.50. The van der Waals surface area contributed by atoms with E-state index in [4.69, 9.17) is 20.3 Å². The van der Waals surface area contributed by atoms with Gasteiger partial charge < -0.3 is 20.3 Å². The lowest BCUT2D eigenvalue weighted by molar-refractivity contribution is -0.122. The van der Waals surface area contributed by atoms with Crippen molar-refractivity contribution in [2.45, 2.75) is 12.3 Å². The van der Waals surface area contributed by atoms with Crippen LogP contribution in [-0.4, -0.2) is 38.3 Å². The number of hydrogen-bond donors (Lipinski definition) is 2. The van der Waals surface area contributed by atoms with Crippen molar-refractivity contribution in [1.29, 1.82) is 0 Å². The summed E-state index contributed by atoms with van der Waals surface area (Å²) in [6.07, 6.45) is -0.505. The summed E-state index contributed by atoms with van der Waals surface area (Å²) in [6, 6.07) is -0.458. The Morgan fingerprint density at radius 2 is 1.89 bits per heavy atom. The molecule has 4 heteroatoms. The van der Waals surface area contributed by atoms with Crippen molar-refractivity contribution >= 4 is 0 Å². The van der Waals surface area contributed by atoms with Crippen molar-refractivity contribution in [3.8, 4) is 0 Å². The first-order valence-corrected chi connectivity index (χ1v) is 2.68. The molecule has 4 nitrogen and oxygen atoms in total. The van der Waals surface area contributed by atoms with E-state index in [2.05, 4.69) is 0 Å². The zero-order valence-corrected chi connectivity index (χ0v) is 5.70. The van der Waals surface area contributed by atoms with Crippen LogP contribution in [0.15, 0.2) is 0 Å². The molecule has 3 N–H and O–H groups in total. The summed E-state index contributed by atoms with van der Waals surface area (Å²) in [7, 11) is 2.95. The third-order valence-electron chi connectivity index (χ3n) is 1.03. The van der Waals surface area contributed by atoms with E-state index < -0.39 is 12.3 Å². The number of aliphatic hydroxyl groups excluding tert-OH is 1. The highest BCUT2D eigenvalue weighted by atomic mass is 16.7. The number of nitrogens with two attached hydrogens (primary N) is 1. The van der Waals surface area contributed by atoms with Gasteiger partial charge in [-0.15, -0.1) is 0 Å². The highest BCUT2D eigenvalue weighted by Crippen LogP contribution is 1.94. The van der Waals surface area contributed by atoms with Crippen molar-refractivity contribution in [3.05, 3.63) is 0 Å². The Morgan fingerprint density at radius 3 is 2.00 bits per heavy atom. The Kier molecular flexibility index (Phi) is 4.61. The molecule has 0 bridgehead atoms. The minimum absolute atomic E-state index is 0.133. The van der Waals surface area contributed by atoms with Crippen molar-refractivity contribution in [1.82, 2.24) is 0 Å². The summed E-state index contributed by atoms with van der Waals surface area (Å²) < 4.78 is 9.49. The summed E-state index contributed by atoms with van der Waals surface area (Å²) in [4.78, 5) is 0. The Hall–Kier alpha value is -0.160. The minimum atomic E-state index is -0.505. The topological polar surface area (TPSA) is 64.7 Å². The van der Waals surface area contributed by atoms with E-state index >= 15 is 0 Å². The summed E-state index contributed by atoms with van der Waals surface area (Å²) in [5.41, 5.74) is 5.34. The largest absolute Gasteiger partial charge is 0.395 e. The van der Waals surface area contributed by atoms with Crippen molar-refractivity contribution in [2.24, 2.45) is 5.73 Å². The van der Waals surface area contributed by atoms with E-state index in [0.717, 1.165) is 0 Å². The fraction of sp³-hybridized carbons (Fsp3) is 1.00. The molecular formula is C5H13NO3. The molecule has 56 valence electrons. The van der Waals surface area contributed by atoms with Crippen molar-refractivity contribution in [3.63, 3.8) is 0 Å². The van der Waals surface area contributed by atoms with Crippen LogP contribution in [-0.2, 0) is 9.47 Å². The molecule has 0 heterocycles. The molecule has 0 aromatic carbocycles. The summed E-state index contributed by atoms with van der Waals surface area (Å²) in [6.45, 7) is -0.133. The SMILES string of the molecule is COC(OC)C(N)CO. The Labute approximate surface area is 54.6 Å². The fourth-order valence-corrected chi connectivity index (χ4v) is 0.532. The number of methoxy groups -OCH3 is 2. The van der Waals surface area contributed by atoms with E-state index in [9.17, 15) is 0 Å². The van der Waals surface area contributed by atoms with Gasteiger partial charge in [-0.2, -0.15) is 0 Å². The second-order valence-corrected chi connectivity index (χ2v) is 1.69. The molecule has 9 heavy (non-hydrogen) atoms.